The molecule has 110 valence electrons. The lowest BCUT2D eigenvalue weighted by Crippen LogP contribution is -2.37. The largest absolute Gasteiger partial charge is 0.433 e. The van der Waals surface area contributed by atoms with Crippen molar-refractivity contribution < 1.29 is 13.5 Å². The number of hydrazine groups is 1. The van der Waals surface area contributed by atoms with Gasteiger partial charge in [0.2, 0.25) is 5.96 Å². The average molecular weight is 284 g/mol. The summed E-state index contributed by atoms with van der Waals surface area (Å²) in [5.41, 5.74) is 2.85. The molecule has 0 unspecified atom stereocenters. The van der Waals surface area contributed by atoms with Gasteiger partial charge in [0.25, 0.3) is 0 Å². The molecule has 5 nitrogen and oxygen atoms in total. The first-order chi connectivity index (χ1) is 9.69. The molecule has 2 rings (SSSR count). The van der Waals surface area contributed by atoms with Gasteiger partial charge >= 0.3 is 6.61 Å². The number of anilines is 1. The molecule has 0 aromatic heterocycles. The third-order valence-corrected chi connectivity index (χ3v) is 3.13. The van der Waals surface area contributed by atoms with Crippen molar-refractivity contribution in [2.75, 3.05) is 5.32 Å². The second kappa shape index (κ2) is 7.04. The monoisotopic (exact) mass is 284 g/mol. The predicted molar refractivity (Wildman–Crippen MR) is 73.7 cm³/mol. The van der Waals surface area contributed by atoms with E-state index < -0.39 is 6.61 Å². The highest BCUT2D eigenvalue weighted by molar-refractivity contribution is 5.94. The van der Waals surface area contributed by atoms with E-state index in [2.05, 4.69) is 20.5 Å². The number of rotatable bonds is 4. The Balaban J connectivity index is 2.10. The molecule has 1 aromatic rings. The minimum atomic E-state index is -2.88. The van der Waals surface area contributed by atoms with Crippen LogP contribution in [-0.2, 0) is 0 Å². The van der Waals surface area contributed by atoms with Crippen LogP contribution in [0.1, 0.15) is 25.7 Å². The summed E-state index contributed by atoms with van der Waals surface area (Å²) < 4.78 is 29.1. The number of nitrogens with two attached hydrogens (primary N) is 1. The van der Waals surface area contributed by atoms with E-state index in [0.717, 1.165) is 25.7 Å². The van der Waals surface area contributed by atoms with E-state index in [1.54, 1.807) is 18.2 Å². The van der Waals surface area contributed by atoms with Gasteiger partial charge in [-0.25, -0.2) is 10.8 Å². The Labute approximate surface area is 116 Å². The molecule has 1 aromatic carbocycles. The number of ether oxygens (including phenoxy) is 1. The molecule has 20 heavy (non-hydrogen) atoms. The van der Waals surface area contributed by atoms with E-state index in [1.165, 1.54) is 6.07 Å². The molecule has 0 amide bonds. The number of halogens is 2. The number of nitrogens with one attached hydrogen (secondary N) is 2. The van der Waals surface area contributed by atoms with Gasteiger partial charge in [0.1, 0.15) is 5.75 Å². The van der Waals surface area contributed by atoms with Crippen LogP contribution in [0.2, 0.25) is 0 Å². The van der Waals surface area contributed by atoms with Crippen molar-refractivity contribution in [2.45, 2.75) is 38.3 Å². The number of para-hydroxylation sites is 2. The summed E-state index contributed by atoms with van der Waals surface area (Å²) in [6, 6.07) is 6.63. The first-order valence-corrected chi connectivity index (χ1v) is 6.54. The Kier molecular flexibility index (Phi) is 5.11. The van der Waals surface area contributed by atoms with Crippen LogP contribution in [0.3, 0.4) is 0 Å². The fraction of sp³-hybridized carbons (Fsp3) is 0.462. The van der Waals surface area contributed by atoms with E-state index >= 15 is 0 Å². The van der Waals surface area contributed by atoms with Crippen molar-refractivity contribution in [3.8, 4) is 5.75 Å². The summed E-state index contributed by atoms with van der Waals surface area (Å²) in [5.74, 6) is 5.82. The minimum absolute atomic E-state index is 0.0527. The fourth-order valence-electron chi connectivity index (χ4n) is 2.22. The van der Waals surface area contributed by atoms with Crippen LogP contribution >= 0.6 is 0 Å². The molecule has 0 radical (unpaired) electrons. The third-order valence-electron chi connectivity index (χ3n) is 3.13. The Morgan fingerprint density at radius 1 is 1.30 bits per heavy atom. The molecule has 1 saturated carbocycles. The number of guanidine groups is 1. The number of aliphatic imine (C=N–C) groups is 1. The molecule has 0 atom stereocenters. The van der Waals surface area contributed by atoms with Crippen LogP contribution < -0.4 is 21.3 Å². The Hall–Kier alpha value is -1.89. The molecule has 1 aliphatic carbocycles. The third kappa shape index (κ3) is 4.06. The first-order valence-electron chi connectivity index (χ1n) is 6.54. The normalized spacial score (nSPS) is 16.5. The van der Waals surface area contributed by atoms with Crippen LogP contribution in [0.15, 0.2) is 29.3 Å². The fourth-order valence-corrected chi connectivity index (χ4v) is 2.22. The van der Waals surface area contributed by atoms with Gasteiger partial charge in [-0.15, -0.1) is 0 Å². The number of alkyl halides is 2. The standard InChI is InChI=1S/C13H18F2N4O/c14-12(15)20-11-8-4-3-7-10(11)18-13(19-16)17-9-5-1-2-6-9/h3-4,7-9,12H,1-2,5-6,16H2,(H2,17,18,19). The van der Waals surface area contributed by atoms with Gasteiger partial charge in [-0.05, 0) is 25.0 Å². The van der Waals surface area contributed by atoms with E-state index in [-0.39, 0.29) is 11.8 Å². The van der Waals surface area contributed by atoms with Gasteiger partial charge in [0.05, 0.1) is 11.7 Å². The maximum absolute atomic E-state index is 12.3. The second-order valence-corrected chi connectivity index (χ2v) is 4.56. The van der Waals surface area contributed by atoms with Gasteiger partial charge in [0, 0.05) is 0 Å². The predicted octanol–water partition coefficient (Wildman–Crippen LogP) is 2.46. The van der Waals surface area contributed by atoms with Gasteiger partial charge in [-0.2, -0.15) is 8.78 Å². The topological polar surface area (TPSA) is 71.7 Å². The first kappa shape index (κ1) is 14.5. The van der Waals surface area contributed by atoms with Crippen LogP contribution in [0.5, 0.6) is 5.75 Å². The Morgan fingerprint density at radius 3 is 2.65 bits per heavy atom. The number of hydrogen-bond acceptors (Lipinski definition) is 3. The van der Waals surface area contributed by atoms with E-state index in [9.17, 15) is 8.78 Å². The summed E-state index contributed by atoms with van der Waals surface area (Å²) in [4.78, 5) is 4.44. The van der Waals surface area contributed by atoms with Crippen LogP contribution in [0.25, 0.3) is 0 Å². The zero-order chi connectivity index (χ0) is 14.4. The highest BCUT2D eigenvalue weighted by Gasteiger charge is 2.15. The molecule has 0 aliphatic heterocycles. The average Bonchev–Trinajstić information content (AvgIpc) is 2.92. The number of nitrogens with zero attached hydrogens (tertiary/aromatic N) is 1. The van der Waals surface area contributed by atoms with E-state index in [4.69, 9.17) is 5.84 Å². The highest BCUT2D eigenvalue weighted by Crippen LogP contribution is 2.26. The zero-order valence-electron chi connectivity index (χ0n) is 11.0. The molecule has 1 fully saturated rings. The molecule has 4 N–H and O–H groups in total. The van der Waals surface area contributed by atoms with Crippen molar-refractivity contribution in [1.82, 2.24) is 5.43 Å². The van der Waals surface area contributed by atoms with Gasteiger partial charge in [-0.1, -0.05) is 25.0 Å². The van der Waals surface area contributed by atoms with E-state index in [0.29, 0.717) is 11.6 Å². The summed E-state index contributed by atoms with van der Waals surface area (Å²) in [6.07, 6.45) is 4.33. The lowest BCUT2D eigenvalue weighted by molar-refractivity contribution is -0.0493. The molecule has 0 bridgehead atoms. The van der Waals surface area contributed by atoms with Gasteiger partial charge in [0.15, 0.2) is 0 Å². The molecule has 0 saturated heterocycles. The molecular formula is C13H18F2N4O. The Morgan fingerprint density at radius 2 is 2.00 bits per heavy atom. The van der Waals surface area contributed by atoms with Gasteiger partial charge < -0.3 is 10.1 Å². The molecule has 0 heterocycles. The maximum Gasteiger partial charge on any atom is 0.387 e. The quantitative estimate of drug-likeness (QED) is 0.344. The second-order valence-electron chi connectivity index (χ2n) is 4.56. The summed E-state index contributed by atoms with van der Waals surface area (Å²) in [5, 5.41) is 2.89. The molecule has 7 heteroatoms. The smallest absolute Gasteiger partial charge is 0.387 e. The van der Waals surface area contributed by atoms with Crippen molar-refractivity contribution in [3.05, 3.63) is 24.3 Å². The van der Waals surface area contributed by atoms with Gasteiger partial charge in [-0.3, -0.25) is 5.43 Å². The van der Waals surface area contributed by atoms with Crippen LogP contribution in [0.4, 0.5) is 14.5 Å². The number of hydrogen-bond donors (Lipinski definition) is 3. The molecule has 0 spiro atoms. The lowest BCUT2D eigenvalue weighted by atomic mass is 10.3. The molecule has 1 aliphatic rings. The van der Waals surface area contributed by atoms with E-state index in [1.807, 2.05) is 0 Å². The minimum Gasteiger partial charge on any atom is -0.433 e. The van der Waals surface area contributed by atoms with Crippen LogP contribution in [0, 0.1) is 0 Å². The van der Waals surface area contributed by atoms with Crippen molar-refractivity contribution in [2.24, 2.45) is 10.8 Å². The lowest BCUT2D eigenvalue weighted by Gasteiger charge is -2.15. The Bertz CT molecular complexity index is 461. The summed E-state index contributed by atoms with van der Waals surface area (Å²) >= 11 is 0. The van der Waals surface area contributed by atoms with Crippen molar-refractivity contribution >= 4 is 11.6 Å². The summed E-state index contributed by atoms with van der Waals surface area (Å²) in [6.45, 7) is -2.88. The van der Waals surface area contributed by atoms with Crippen LogP contribution in [-0.4, -0.2) is 18.6 Å². The van der Waals surface area contributed by atoms with Crippen molar-refractivity contribution in [1.29, 1.82) is 0 Å². The number of benzene rings is 1. The SMILES string of the molecule is NNC(=NC1CCCC1)Nc1ccccc1OC(F)F. The molecular weight excluding hydrogens is 266 g/mol. The van der Waals surface area contributed by atoms with Crippen molar-refractivity contribution in [3.63, 3.8) is 0 Å². The summed E-state index contributed by atoms with van der Waals surface area (Å²) in [7, 11) is 0. The highest BCUT2D eigenvalue weighted by atomic mass is 19.3. The maximum atomic E-state index is 12.3. The zero-order valence-corrected chi connectivity index (χ0v) is 11.0.